The molecule has 7 heteroatoms. The summed E-state index contributed by atoms with van der Waals surface area (Å²) < 4.78 is 7.29. The Morgan fingerprint density at radius 1 is 1.20 bits per heavy atom. The van der Waals surface area contributed by atoms with Gasteiger partial charge in [0.15, 0.2) is 0 Å². The van der Waals surface area contributed by atoms with Gasteiger partial charge in [-0.1, -0.05) is 20.8 Å². The monoisotopic (exact) mass is 433 g/mol. The summed E-state index contributed by atoms with van der Waals surface area (Å²) in [5.41, 5.74) is 1.10. The number of aryl methyl sites for hydroxylation is 2. The van der Waals surface area contributed by atoms with Crippen LogP contribution in [0.1, 0.15) is 62.7 Å². The van der Waals surface area contributed by atoms with Crippen molar-refractivity contribution >= 4 is 27.5 Å². The summed E-state index contributed by atoms with van der Waals surface area (Å²) in [6.45, 7) is 11.2. The summed E-state index contributed by atoms with van der Waals surface area (Å²) in [5, 5.41) is 0.624. The molecule has 0 unspecified atom stereocenters. The molecule has 0 bridgehead atoms. The van der Waals surface area contributed by atoms with Crippen molar-refractivity contribution in [2.75, 3.05) is 14.1 Å². The third-order valence-corrected chi connectivity index (χ3v) is 7.41. The highest BCUT2D eigenvalue weighted by Crippen LogP contribution is 2.38. The van der Waals surface area contributed by atoms with Crippen molar-refractivity contribution in [3.63, 3.8) is 0 Å². The van der Waals surface area contributed by atoms with E-state index in [1.54, 1.807) is 0 Å². The lowest BCUT2D eigenvalue weighted by Crippen LogP contribution is -2.34. The zero-order chi connectivity index (χ0) is 22.2. The molecule has 2 heterocycles. The van der Waals surface area contributed by atoms with Gasteiger partial charge in [0, 0.05) is 4.88 Å². The number of hydrogen-bond donors (Lipinski definition) is 0. The van der Waals surface area contributed by atoms with E-state index in [4.69, 9.17) is 9.72 Å². The van der Waals surface area contributed by atoms with Crippen molar-refractivity contribution in [2.45, 2.75) is 79.5 Å². The maximum atomic E-state index is 13.2. The van der Waals surface area contributed by atoms with Gasteiger partial charge in [0.05, 0.1) is 11.9 Å². The number of hydrogen-bond acceptors (Lipinski definition) is 6. The molecule has 30 heavy (non-hydrogen) atoms. The number of nitrogens with zero attached hydrogens (tertiary/aromatic N) is 3. The van der Waals surface area contributed by atoms with Crippen molar-refractivity contribution in [2.24, 2.45) is 11.3 Å². The molecule has 0 atom stereocenters. The van der Waals surface area contributed by atoms with Crippen LogP contribution < -0.4 is 5.56 Å². The minimum atomic E-state index is -0.345. The first kappa shape index (κ1) is 22.9. The van der Waals surface area contributed by atoms with E-state index >= 15 is 0 Å². The SMILES string of the molecule is Cc1sc2nc(CN(C)C)n(CC(=O)OC3CCC(C(C)(C)C)CC3)c(=O)c2c1C. The third-order valence-electron chi connectivity index (χ3n) is 6.31. The van der Waals surface area contributed by atoms with Crippen LogP contribution in [0.4, 0.5) is 0 Å². The molecule has 3 rings (SSSR count). The molecule has 0 aromatic carbocycles. The van der Waals surface area contributed by atoms with Gasteiger partial charge in [-0.05, 0) is 70.5 Å². The highest BCUT2D eigenvalue weighted by molar-refractivity contribution is 7.18. The van der Waals surface area contributed by atoms with Gasteiger partial charge in [0.1, 0.15) is 23.3 Å². The van der Waals surface area contributed by atoms with E-state index in [1.165, 1.54) is 15.9 Å². The quantitative estimate of drug-likeness (QED) is 0.659. The fourth-order valence-corrected chi connectivity index (χ4v) is 5.37. The standard InChI is InChI=1S/C23H35N3O3S/c1-14-15(2)30-21-20(14)22(28)26(18(24-21)12-25(6)7)13-19(27)29-17-10-8-16(9-11-17)23(3,4)5/h16-17H,8-13H2,1-7H3. The summed E-state index contributed by atoms with van der Waals surface area (Å²) >= 11 is 1.53. The number of fused-ring (bicyclic) bond motifs is 1. The van der Waals surface area contributed by atoms with E-state index in [0.29, 0.717) is 29.1 Å². The van der Waals surface area contributed by atoms with Crippen LogP contribution in [0.5, 0.6) is 0 Å². The topological polar surface area (TPSA) is 64.4 Å². The second-order valence-electron chi connectivity index (χ2n) is 9.95. The number of carbonyl (C=O) groups excluding carboxylic acids is 1. The van der Waals surface area contributed by atoms with Gasteiger partial charge in [0.25, 0.3) is 5.56 Å². The van der Waals surface area contributed by atoms with Crippen molar-refractivity contribution in [1.82, 2.24) is 14.5 Å². The summed E-state index contributed by atoms with van der Waals surface area (Å²) in [6, 6.07) is 0. The van der Waals surface area contributed by atoms with Gasteiger partial charge in [-0.2, -0.15) is 0 Å². The Kier molecular flexibility index (Phi) is 6.72. The zero-order valence-corrected chi connectivity index (χ0v) is 20.2. The fourth-order valence-electron chi connectivity index (χ4n) is 4.33. The van der Waals surface area contributed by atoms with E-state index in [2.05, 4.69) is 20.8 Å². The van der Waals surface area contributed by atoms with Crippen LogP contribution in [-0.4, -0.2) is 40.6 Å². The molecule has 1 aliphatic rings. The summed E-state index contributed by atoms with van der Waals surface area (Å²) in [6.07, 6.45) is 3.90. The van der Waals surface area contributed by atoms with Gasteiger partial charge in [0.2, 0.25) is 0 Å². The van der Waals surface area contributed by atoms with Gasteiger partial charge in [-0.25, -0.2) is 4.98 Å². The fraction of sp³-hybridized carbons (Fsp3) is 0.696. The summed E-state index contributed by atoms with van der Waals surface area (Å²) in [4.78, 5) is 34.5. The lowest BCUT2D eigenvalue weighted by Gasteiger charge is -2.36. The van der Waals surface area contributed by atoms with Gasteiger partial charge < -0.3 is 9.64 Å². The number of carbonyl (C=O) groups is 1. The third kappa shape index (κ3) is 4.94. The largest absolute Gasteiger partial charge is 0.461 e. The molecule has 0 aliphatic heterocycles. The molecule has 0 radical (unpaired) electrons. The van der Waals surface area contributed by atoms with Crippen LogP contribution in [0, 0.1) is 25.2 Å². The van der Waals surface area contributed by atoms with Gasteiger partial charge in [-0.15, -0.1) is 11.3 Å². The number of esters is 1. The second-order valence-corrected chi connectivity index (χ2v) is 11.2. The zero-order valence-electron chi connectivity index (χ0n) is 19.4. The Hall–Kier alpha value is -1.73. The Morgan fingerprint density at radius 2 is 1.83 bits per heavy atom. The van der Waals surface area contributed by atoms with E-state index in [0.717, 1.165) is 41.0 Å². The Morgan fingerprint density at radius 3 is 2.40 bits per heavy atom. The minimum absolute atomic E-state index is 0.0501. The van der Waals surface area contributed by atoms with E-state index in [-0.39, 0.29) is 24.2 Å². The maximum absolute atomic E-state index is 13.2. The molecule has 1 saturated carbocycles. The highest BCUT2D eigenvalue weighted by atomic mass is 32.1. The van der Waals surface area contributed by atoms with Crippen molar-refractivity contribution in [3.8, 4) is 0 Å². The second kappa shape index (κ2) is 8.79. The first-order valence-corrected chi connectivity index (χ1v) is 11.6. The Bertz CT molecular complexity index is 976. The normalized spacial score (nSPS) is 20.1. The molecule has 2 aromatic rings. The average Bonchev–Trinajstić information content (AvgIpc) is 2.91. The average molecular weight is 434 g/mol. The molecule has 1 aliphatic carbocycles. The van der Waals surface area contributed by atoms with Gasteiger partial charge in [-0.3, -0.25) is 14.2 Å². The maximum Gasteiger partial charge on any atom is 0.326 e. The summed E-state index contributed by atoms with van der Waals surface area (Å²) in [5.74, 6) is 0.924. The van der Waals surface area contributed by atoms with Crippen LogP contribution in [0.2, 0.25) is 0 Å². The number of rotatable bonds is 5. The van der Waals surface area contributed by atoms with E-state index in [9.17, 15) is 9.59 Å². The molecule has 0 saturated heterocycles. The van der Waals surface area contributed by atoms with Crippen LogP contribution in [0.25, 0.3) is 10.2 Å². The molecule has 1 fully saturated rings. The molecule has 6 nitrogen and oxygen atoms in total. The highest BCUT2D eigenvalue weighted by Gasteiger charge is 2.31. The van der Waals surface area contributed by atoms with Crippen LogP contribution in [0.3, 0.4) is 0 Å². The molecular formula is C23H35N3O3S. The number of aromatic nitrogens is 2. The molecule has 2 aromatic heterocycles. The first-order valence-electron chi connectivity index (χ1n) is 10.8. The van der Waals surface area contributed by atoms with Crippen molar-refractivity contribution < 1.29 is 9.53 Å². The van der Waals surface area contributed by atoms with Crippen LogP contribution in [0.15, 0.2) is 4.79 Å². The lowest BCUT2D eigenvalue weighted by molar-refractivity contribution is -0.152. The van der Waals surface area contributed by atoms with Crippen LogP contribution in [-0.2, 0) is 22.6 Å². The smallest absolute Gasteiger partial charge is 0.326 e. The van der Waals surface area contributed by atoms with Gasteiger partial charge >= 0.3 is 5.97 Å². The molecular weight excluding hydrogens is 398 g/mol. The summed E-state index contributed by atoms with van der Waals surface area (Å²) in [7, 11) is 3.86. The van der Waals surface area contributed by atoms with E-state index < -0.39 is 0 Å². The molecule has 0 N–H and O–H groups in total. The van der Waals surface area contributed by atoms with Crippen molar-refractivity contribution in [1.29, 1.82) is 0 Å². The molecule has 166 valence electrons. The van der Waals surface area contributed by atoms with Crippen LogP contribution >= 0.6 is 11.3 Å². The number of ether oxygens (including phenoxy) is 1. The minimum Gasteiger partial charge on any atom is -0.461 e. The van der Waals surface area contributed by atoms with E-state index in [1.807, 2.05) is 32.8 Å². The Labute approximate surface area is 183 Å². The molecule has 0 amide bonds. The Balaban J connectivity index is 1.79. The number of thiophene rings is 1. The molecule has 0 spiro atoms. The lowest BCUT2D eigenvalue weighted by atomic mass is 9.72. The predicted octanol–water partition coefficient (Wildman–Crippen LogP) is 4.28. The predicted molar refractivity (Wildman–Crippen MR) is 122 cm³/mol. The first-order chi connectivity index (χ1) is 14.0. The van der Waals surface area contributed by atoms with Crippen molar-refractivity contribution in [3.05, 3.63) is 26.6 Å².